The summed E-state index contributed by atoms with van der Waals surface area (Å²) in [5.74, 6) is -0.154. The number of carbonyl (C=O) groups excluding carboxylic acids is 1. The average Bonchev–Trinajstić information content (AvgIpc) is 3.33. The molecular weight excluding hydrogens is 613 g/mol. The molecule has 0 saturated carbocycles. The first-order valence-electron chi connectivity index (χ1n) is 13.6. The molecule has 1 unspecified atom stereocenters. The number of imidazole rings is 1. The van der Waals surface area contributed by atoms with E-state index in [0.29, 0.717) is 43.7 Å². The van der Waals surface area contributed by atoms with Crippen molar-refractivity contribution in [1.82, 2.24) is 9.55 Å². The fraction of sp³-hybridized carbons (Fsp3) is 0.467. The first kappa shape index (κ1) is 30.3. The number of aryl methyl sites for hydroxylation is 1. The zero-order valence-electron chi connectivity index (χ0n) is 23.9. The van der Waals surface area contributed by atoms with Gasteiger partial charge in [0.2, 0.25) is 0 Å². The van der Waals surface area contributed by atoms with Gasteiger partial charge in [-0.2, -0.15) is 0 Å². The number of hydrogen-bond donors (Lipinski definition) is 0. The summed E-state index contributed by atoms with van der Waals surface area (Å²) in [6.45, 7) is 18.4. The van der Waals surface area contributed by atoms with E-state index >= 15 is 0 Å². The van der Waals surface area contributed by atoms with Crippen molar-refractivity contribution in [3.05, 3.63) is 79.8 Å². The third-order valence-electron chi connectivity index (χ3n) is 8.18. The van der Waals surface area contributed by atoms with Gasteiger partial charge in [0, 0.05) is 15.7 Å². The van der Waals surface area contributed by atoms with Gasteiger partial charge in [-0.25, -0.2) is 4.98 Å². The molecule has 39 heavy (non-hydrogen) atoms. The van der Waals surface area contributed by atoms with Gasteiger partial charge in [-0.05, 0) is 81.8 Å². The van der Waals surface area contributed by atoms with Crippen LogP contribution in [0.3, 0.4) is 0 Å². The van der Waals surface area contributed by atoms with Crippen molar-refractivity contribution in [2.45, 2.75) is 84.1 Å². The van der Waals surface area contributed by atoms with E-state index in [9.17, 15) is 4.79 Å². The second-order valence-corrected chi connectivity index (χ2v) is 18.6. The molecule has 2 heterocycles. The fourth-order valence-corrected chi connectivity index (χ4v) is 13.0. The Kier molecular flexibility index (Phi) is 9.09. The number of carbonyl (C=O) groups is 1. The van der Waals surface area contributed by atoms with Gasteiger partial charge in [-0.1, -0.05) is 82.9 Å². The summed E-state index contributed by atoms with van der Waals surface area (Å²) in [4.78, 5) is 20.6. The van der Waals surface area contributed by atoms with E-state index in [4.69, 9.17) is 32.6 Å². The molecule has 0 N–H and O–H groups in total. The van der Waals surface area contributed by atoms with Crippen LogP contribution in [-0.4, -0.2) is 30.4 Å². The topological polar surface area (TPSA) is 47.4 Å². The molecule has 2 aromatic carbocycles. The number of fused-ring (bicyclic) bond motifs is 1. The number of rotatable bonds is 9. The zero-order valence-corrected chi connectivity index (χ0v) is 28.0. The number of amides is 1. The van der Waals surface area contributed by atoms with Crippen LogP contribution in [0.4, 0.5) is 5.69 Å². The molecule has 0 spiro atoms. The molecule has 210 valence electrons. The summed E-state index contributed by atoms with van der Waals surface area (Å²) < 4.78 is 9.74. The molecule has 2 atom stereocenters. The first-order valence-corrected chi connectivity index (χ1v) is 17.3. The lowest BCUT2D eigenvalue weighted by Crippen LogP contribution is -2.48. The Morgan fingerprint density at radius 3 is 2.08 bits per heavy atom. The summed E-state index contributed by atoms with van der Waals surface area (Å²) in [5, 5.41) is 1.22. The standard InChI is InChI=1S/C30H38BrCl2N3O2Si/c1-17(2)39(18(3)4,19(5)6)38-16-21(8)35-28-26(34-30(35)31)29(37)36(25-15-24(33)12-9-20(25)7)27(28)22-10-13-23(32)14-11-22/h9-15,17-19,21,27H,16H2,1-8H3/t21-,27?/m0/s1. The van der Waals surface area contributed by atoms with Gasteiger partial charge in [0.15, 0.2) is 18.7 Å². The van der Waals surface area contributed by atoms with Crippen LogP contribution in [0.25, 0.3) is 0 Å². The van der Waals surface area contributed by atoms with Crippen molar-refractivity contribution in [2.24, 2.45) is 0 Å². The van der Waals surface area contributed by atoms with Crippen LogP contribution in [0.5, 0.6) is 0 Å². The van der Waals surface area contributed by atoms with Crippen LogP contribution in [0.15, 0.2) is 47.2 Å². The maximum atomic E-state index is 14.0. The van der Waals surface area contributed by atoms with Gasteiger partial charge in [0.1, 0.15) is 6.04 Å². The third-order valence-corrected chi connectivity index (χ3v) is 15.3. The van der Waals surface area contributed by atoms with Gasteiger partial charge in [0.05, 0.1) is 18.3 Å². The van der Waals surface area contributed by atoms with Gasteiger partial charge in [-0.3, -0.25) is 9.69 Å². The summed E-state index contributed by atoms with van der Waals surface area (Å²) in [6, 6.07) is 12.8. The molecule has 0 bridgehead atoms. The molecule has 1 amide bonds. The van der Waals surface area contributed by atoms with Crippen LogP contribution >= 0.6 is 39.1 Å². The fourth-order valence-electron chi connectivity index (χ4n) is 6.49. The van der Waals surface area contributed by atoms with Crippen LogP contribution < -0.4 is 4.90 Å². The van der Waals surface area contributed by atoms with Crippen LogP contribution in [0.1, 0.15) is 87.9 Å². The maximum absolute atomic E-state index is 14.0. The summed E-state index contributed by atoms with van der Waals surface area (Å²) in [6.07, 6.45) is 0. The minimum atomic E-state index is -2.08. The average molecular weight is 652 g/mol. The van der Waals surface area contributed by atoms with E-state index in [2.05, 4.69) is 69.0 Å². The van der Waals surface area contributed by atoms with Crippen LogP contribution in [0.2, 0.25) is 26.7 Å². The minimum Gasteiger partial charge on any atom is -0.414 e. The van der Waals surface area contributed by atoms with Gasteiger partial charge < -0.3 is 8.99 Å². The lowest BCUT2D eigenvalue weighted by atomic mass is 10.0. The molecule has 0 aliphatic carbocycles. The predicted molar refractivity (Wildman–Crippen MR) is 168 cm³/mol. The molecule has 0 saturated heterocycles. The van der Waals surface area contributed by atoms with Crippen molar-refractivity contribution in [3.8, 4) is 0 Å². The highest BCUT2D eigenvalue weighted by Gasteiger charge is 2.47. The Morgan fingerprint density at radius 2 is 1.51 bits per heavy atom. The van der Waals surface area contributed by atoms with Crippen molar-refractivity contribution in [3.63, 3.8) is 0 Å². The van der Waals surface area contributed by atoms with E-state index in [1.807, 2.05) is 54.3 Å². The number of halogens is 3. The molecule has 0 fully saturated rings. The Hall–Kier alpha value is -1.64. The number of anilines is 1. The molecule has 1 aliphatic heterocycles. The lowest BCUT2D eigenvalue weighted by Gasteiger charge is -2.43. The lowest BCUT2D eigenvalue weighted by molar-refractivity contribution is 0.0989. The molecule has 1 aromatic heterocycles. The molecule has 4 rings (SSSR count). The molecule has 5 nitrogen and oxygen atoms in total. The van der Waals surface area contributed by atoms with Gasteiger partial charge in [-0.15, -0.1) is 0 Å². The van der Waals surface area contributed by atoms with Gasteiger partial charge >= 0.3 is 0 Å². The van der Waals surface area contributed by atoms with Crippen molar-refractivity contribution < 1.29 is 9.22 Å². The Bertz CT molecular complexity index is 1340. The monoisotopic (exact) mass is 649 g/mol. The highest BCUT2D eigenvalue weighted by molar-refractivity contribution is 9.10. The second-order valence-electron chi connectivity index (χ2n) is 11.5. The quantitative estimate of drug-likeness (QED) is 0.217. The van der Waals surface area contributed by atoms with Crippen molar-refractivity contribution in [1.29, 1.82) is 0 Å². The predicted octanol–water partition coefficient (Wildman–Crippen LogP) is 9.76. The third kappa shape index (κ3) is 5.37. The number of benzene rings is 2. The zero-order chi connectivity index (χ0) is 28.8. The maximum Gasteiger partial charge on any atom is 0.279 e. The number of hydrogen-bond acceptors (Lipinski definition) is 3. The van der Waals surface area contributed by atoms with Crippen molar-refractivity contribution >= 4 is 59.0 Å². The Labute approximate surface area is 252 Å². The number of nitrogens with zero attached hydrogens (tertiary/aromatic N) is 3. The number of aromatic nitrogens is 2. The largest absolute Gasteiger partial charge is 0.414 e. The first-order chi connectivity index (χ1) is 18.3. The van der Waals surface area contributed by atoms with E-state index in [0.717, 1.165) is 22.5 Å². The molecule has 0 radical (unpaired) electrons. The van der Waals surface area contributed by atoms with Gasteiger partial charge in [0.25, 0.3) is 5.91 Å². The molecule has 3 aromatic rings. The van der Waals surface area contributed by atoms with E-state index < -0.39 is 14.4 Å². The summed E-state index contributed by atoms with van der Waals surface area (Å²) >= 11 is 16.4. The highest BCUT2D eigenvalue weighted by Crippen LogP contribution is 2.46. The second kappa shape index (κ2) is 11.7. The minimum absolute atomic E-state index is 0.0539. The normalized spacial score (nSPS) is 16.6. The van der Waals surface area contributed by atoms with E-state index in [1.165, 1.54) is 0 Å². The van der Waals surface area contributed by atoms with E-state index in [-0.39, 0.29) is 11.9 Å². The Balaban J connectivity index is 1.83. The summed E-state index contributed by atoms with van der Waals surface area (Å²) in [7, 11) is -2.08. The van der Waals surface area contributed by atoms with Crippen molar-refractivity contribution in [2.75, 3.05) is 11.5 Å². The smallest absolute Gasteiger partial charge is 0.279 e. The molecular formula is C30H38BrCl2N3O2Si. The highest BCUT2D eigenvalue weighted by atomic mass is 79.9. The van der Waals surface area contributed by atoms with E-state index in [1.54, 1.807) is 0 Å². The SMILES string of the molecule is Cc1ccc(Cl)cc1N1C(=O)c2nc(Br)n([C@@H](C)CO[Si](C(C)C)(C(C)C)C(C)C)c2C1c1ccc(Cl)cc1. The molecule has 9 heteroatoms. The summed E-state index contributed by atoms with van der Waals surface area (Å²) in [5.41, 5.74) is 5.39. The van der Waals surface area contributed by atoms with Crippen LogP contribution in [-0.2, 0) is 4.43 Å². The van der Waals surface area contributed by atoms with Crippen LogP contribution in [0, 0.1) is 6.92 Å². The Morgan fingerprint density at radius 1 is 0.949 bits per heavy atom. The molecule has 1 aliphatic rings.